The lowest BCUT2D eigenvalue weighted by molar-refractivity contribution is 0.668. The molecule has 10 rings (SSSR count). The van der Waals surface area contributed by atoms with Gasteiger partial charge in [-0.3, -0.25) is 0 Å². The van der Waals surface area contributed by atoms with Gasteiger partial charge < -0.3 is 9.73 Å². The van der Waals surface area contributed by atoms with E-state index in [2.05, 4.69) is 157 Å². The molecule has 1 aromatic heterocycles. The zero-order valence-corrected chi connectivity index (χ0v) is 27.6. The van der Waals surface area contributed by atoms with Crippen LogP contribution in [0.15, 0.2) is 190 Å². The topological polar surface area (TPSA) is 49.9 Å². The van der Waals surface area contributed by atoms with Crippen LogP contribution < -0.4 is 5.32 Å². The van der Waals surface area contributed by atoms with Gasteiger partial charge in [-0.1, -0.05) is 152 Å². The molecule has 2 heterocycles. The van der Waals surface area contributed by atoms with E-state index in [-0.39, 0.29) is 6.17 Å². The van der Waals surface area contributed by atoms with Crippen molar-refractivity contribution in [1.82, 2.24) is 5.32 Å². The molecule has 51 heavy (non-hydrogen) atoms. The first kappa shape index (κ1) is 29.2. The molecule has 8 aromatic carbocycles. The number of fused-ring (bicyclic) bond motifs is 5. The van der Waals surface area contributed by atoms with Gasteiger partial charge in [0.2, 0.25) is 0 Å². The fourth-order valence-corrected chi connectivity index (χ4v) is 7.37. The number of hydrogen-bond acceptors (Lipinski definition) is 4. The van der Waals surface area contributed by atoms with Gasteiger partial charge in [0, 0.05) is 21.9 Å². The first-order chi connectivity index (χ1) is 25.2. The standard InChI is InChI=1S/C47H31N3O/c1-3-13-33(14-4-1)45-48-46(34-15-5-2-6-16-34)50-47(49-45)41-27-37(29-43-44(41)40-26-35-17-7-8-18-36(35)28-42(40)51-43)30-22-24-32(25-23-30)39-21-11-19-31-12-9-10-20-38(31)39/h1-29,45H,(H,48,49,50). The molecule has 0 saturated heterocycles. The molecule has 0 fully saturated rings. The maximum absolute atomic E-state index is 6.71. The van der Waals surface area contributed by atoms with Crippen molar-refractivity contribution in [1.29, 1.82) is 0 Å². The van der Waals surface area contributed by atoms with E-state index in [1.54, 1.807) is 0 Å². The van der Waals surface area contributed by atoms with Crippen molar-refractivity contribution in [3.05, 3.63) is 193 Å². The van der Waals surface area contributed by atoms with Gasteiger partial charge in [-0.25, -0.2) is 9.98 Å². The average molecular weight is 654 g/mol. The quantitative estimate of drug-likeness (QED) is 0.201. The molecule has 4 heteroatoms. The summed E-state index contributed by atoms with van der Waals surface area (Å²) in [6.45, 7) is 0. The number of furan rings is 1. The monoisotopic (exact) mass is 653 g/mol. The summed E-state index contributed by atoms with van der Waals surface area (Å²) in [6, 6.07) is 61.7. The molecule has 0 amide bonds. The highest BCUT2D eigenvalue weighted by Gasteiger charge is 2.25. The molecule has 1 N–H and O–H groups in total. The van der Waals surface area contributed by atoms with E-state index in [9.17, 15) is 0 Å². The lowest BCUT2D eigenvalue weighted by atomic mass is 9.94. The maximum atomic E-state index is 6.71. The molecular formula is C47H31N3O. The Kier molecular flexibility index (Phi) is 6.85. The van der Waals surface area contributed by atoms with E-state index < -0.39 is 0 Å². The minimum absolute atomic E-state index is 0.313. The molecular weight excluding hydrogens is 623 g/mol. The summed E-state index contributed by atoms with van der Waals surface area (Å²) < 4.78 is 6.71. The predicted molar refractivity (Wildman–Crippen MR) is 211 cm³/mol. The van der Waals surface area contributed by atoms with Gasteiger partial charge in [0.05, 0.1) is 0 Å². The third-order valence-electron chi connectivity index (χ3n) is 9.90. The summed E-state index contributed by atoms with van der Waals surface area (Å²) in [6.07, 6.45) is -0.313. The van der Waals surface area contributed by atoms with Crippen molar-refractivity contribution in [2.45, 2.75) is 6.17 Å². The molecule has 4 nitrogen and oxygen atoms in total. The smallest absolute Gasteiger partial charge is 0.159 e. The molecule has 0 aliphatic carbocycles. The second-order valence-corrected chi connectivity index (χ2v) is 13.0. The summed E-state index contributed by atoms with van der Waals surface area (Å²) in [7, 11) is 0. The second kappa shape index (κ2) is 12.0. The third-order valence-corrected chi connectivity index (χ3v) is 9.90. The Hall–Kier alpha value is -6.78. The number of nitrogens with zero attached hydrogens (tertiary/aromatic N) is 2. The Morgan fingerprint density at radius 2 is 1.12 bits per heavy atom. The van der Waals surface area contributed by atoms with Crippen LogP contribution in [0, 0.1) is 0 Å². The highest BCUT2D eigenvalue weighted by molar-refractivity contribution is 6.23. The van der Waals surface area contributed by atoms with Gasteiger partial charge in [-0.05, 0) is 73.6 Å². The lowest BCUT2D eigenvalue weighted by Gasteiger charge is -2.24. The maximum Gasteiger partial charge on any atom is 0.159 e. The van der Waals surface area contributed by atoms with E-state index in [1.807, 2.05) is 24.3 Å². The summed E-state index contributed by atoms with van der Waals surface area (Å²) in [5.74, 6) is 1.45. The van der Waals surface area contributed by atoms with Crippen LogP contribution in [0.3, 0.4) is 0 Å². The summed E-state index contributed by atoms with van der Waals surface area (Å²) in [5.41, 5.74) is 9.22. The Morgan fingerprint density at radius 3 is 1.92 bits per heavy atom. The van der Waals surface area contributed by atoms with Crippen LogP contribution in [-0.2, 0) is 0 Å². The Balaban J connectivity index is 1.17. The van der Waals surface area contributed by atoms with Crippen molar-refractivity contribution >= 4 is 55.2 Å². The summed E-state index contributed by atoms with van der Waals surface area (Å²) >= 11 is 0. The van der Waals surface area contributed by atoms with Gasteiger partial charge in [0.15, 0.2) is 5.84 Å². The molecule has 0 spiro atoms. The molecule has 0 radical (unpaired) electrons. The van der Waals surface area contributed by atoms with Gasteiger partial charge in [0.1, 0.15) is 23.2 Å². The highest BCUT2D eigenvalue weighted by Crippen LogP contribution is 2.39. The molecule has 1 atom stereocenters. The average Bonchev–Trinajstić information content (AvgIpc) is 3.57. The Morgan fingerprint density at radius 1 is 0.451 bits per heavy atom. The van der Waals surface area contributed by atoms with E-state index >= 15 is 0 Å². The third kappa shape index (κ3) is 5.17. The first-order valence-corrected chi connectivity index (χ1v) is 17.3. The van der Waals surface area contributed by atoms with Crippen LogP contribution in [0.25, 0.3) is 65.7 Å². The van der Waals surface area contributed by atoms with Crippen molar-refractivity contribution in [2.24, 2.45) is 9.98 Å². The summed E-state index contributed by atoms with van der Waals surface area (Å²) in [4.78, 5) is 10.3. The number of rotatable bonds is 5. The molecule has 9 aromatic rings. The fourth-order valence-electron chi connectivity index (χ4n) is 7.37. The molecule has 1 unspecified atom stereocenters. The second-order valence-electron chi connectivity index (χ2n) is 13.0. The largest absolute Gasteiger partial charge is 0.456 e. The normalized spacial score (nSPS) is 14.5. The lowest BCUT2D eigenvalue weighted by Crippen LogP contribution is -2.33. The SMILES string of the molecule is c1ccc(C2=NC(c3ccccc3)NC(c3cc(-c4ccc(-c5cccc6ccccc56)cc4)cc4oc5cc6ccccc6cc5c34)=N2)cc1. The zero-order valence-electron chi connectivity index (χ0n) is 27.6. The minimum atomic E-state index is -0.313. The number of aliphatic imine (C=N–C) groups is 2. The van der Waals surface area contributed by atoms with Crippen LogP contribution >= 0.6 is 0 Å². The Labute approximate surface area is 295 Å². The highest BCUT2D eigenvalue weighted by atomic mass is 16.3. The fraction of sp³-hybridized carbons (Fsp3) is 0.0213. The first-order valence-electron chi connectivity index (χ1n) is 17.3. The zero-order chi connectivity index (χ0) is 33.7. The molecule has 0 saturated carbocycles. The van der Waals surface area contributed by atoms with Crippen LogP contribution in [0.5, 0.6) is 0 Å². The van der Waals surface area contributed by atoms with Crippen LogP contribution in [0.4, 0.5) is 0 Å². The van der Waals surface area contributed by atoms with Crippen molar-refractivity contribution < 1.29 is 4.42 Å². The van der Waals surface area contributed by atoms with E-state index in [0.717, 1.165) is 61.0 Å². The van der Waals surface area contributed by atoms with Gasteiger partial charge in [0.25, 0.3) is 0 Å². The predicted octanol–water partition coefficient (Wildman–Crippen LogP) is 11.7. The number of nitrogens with one attached hydrogen (secondary N) is 1. The van der Waals surface area contributed by atoms with Gasteiger partial charge in [-0.15, -0.1) is 0 Å². The molecule has 1 aliphatic rings. The number of amidine groups is 2. The van der Waals surface area contributed by atoms with Gasteiger partial charge in [-0.2, -0.15) is 0 Å². The Bertz CT molecular complexity index is 2810. The summed E-state index contributed by atoms with van der Waals surface area (Å²) in [5, 5.41) is 10.6. The van der Waals surface area contributed by atoms with E-state index in [4.69, 9.17) is 14.4 Å². The minimum Gasteiger partial charge on any atom is -0.456 e. The molecule has 240 valence electrons. The van der Waals surface area contributed by atoms with Crippen molar-refractivity contribution in [3.8, 4) is 22.3 Å². The molecule has 0 bridgehead atoms. The van der Waals surface area contributed by atoms with Gasteiger partial charge >= 0.3 is 0 Å². The van der Waals surface area contributed by atoms with Crippen LogP contribution in [-0.4, -0.2) is 11.7 Å². The van der Waals surface area contributed by atoms with Crippen molar-refractivity contribution in [3.63, 3.8) is 0 Å². The van der Waals surface area contributed by atoms with Crippen LogP contribution in [0.1, 0.15) is 22.9 Å². The number of benzene rings is 8. The van der Waals surface area contributed by atoms with E-state index in [1.165, 1.54) is 27.3 Å². The van der Waals surface area contributed by atoms with Crippen LogP contribution in [0.2, 0.25) is 0 Å². The van der Waals surface area contributed by atoms with E-state index in [0.29, 0.717) is 5.84 Å². The molecule has 1 aliphatic heterocycles. The van der Waals surface area contributed by atoms with Crippen molar-refractivity contribution in [2.75, 3.05) is 0 Å². The number of hydrogen-bond donors (Lipinski definition) is 1.